The van der Waals surface area contributed by atoms with Gasteiger partial charge in [0.2, 0.25) is 0 Å². The first kappa shape index (κ1) is 11.1. The second-order valence-electron chi connectivity index (χ2n) is 3.84. The summed E-state index contributed by atoms with van der Waals surface area (Å²) < 4.78 is 0. The number of thiazole rings is 1. The number of hydrogen-bond donors (Lipinski definition) is 1. The summed E-state index contributed by atoms with van der Waals surface area (Å²) >= 11 is 1.72. The SMILES string of the molecule is Cc1cnc(C(C)Nc2ncccc2C)s1. The summed E-state index contributed by atoms with van der Waals surface area (Å²) in [5, 5.41) is 4.48. The lowest BCUT2D eigenvalue weighted by Crippen LogP contribution is -2.08. The van der Waals surface area contributed by atoms with E-state index in [1.54, 1.807) is 17.5 Å². The van der Waals surface area contributed by atoms with E-state index in [1.807, 2.05) is 12.3 Å². The van der Waals surface area contributed by atoms with Crippen molar-refractivity contribution in [1.82, 2.24) is 9.97 Å². The van der Waals surface area contributed by atoms with Gasteiger partial charge in [-0.2, -0.15) is 0 Å². The van der Waals surface area contributed by atoms with Crippen molar-refractivity contribution in [2.45, 2.75) is 26.8 Å². The Hall–Kier alpha value is -1.42. The molecule has 1 N–H and O–H groups in total. The average Bonchev–Trinajstić information content (AvgIpc) is 2.68. The van der Waals surface area contributed by atoms with Crippen molar-refractivity contribution >= 4 is 17.2 Å². The van der Waals surface area contributed by atoms with Gasteiger partial charge in [0.05, 0.1) is 6.04 Å². The van der Waals surface area contributed by atoms with Crippen LogP contribution in [0.15, 0.2) is 24.5 Å². The number of nitrogens with one attached hydrogen (secondary N) is 1. The highest BCUT2D eigenvalue weighted by Crippen LogP contribution is 2.23. The Morgan fingerprint density at radius 2 is 2.12 bits per heavy atom. The van der Waals surface area contributed by atoms with E-state index in [9.17, 15) is 0 Å². The monoisotopic (exact) mass is 233 g/mol. The van der Waals surface area contributed by atoms with Gasteiger partial charge in [-0.1, -0.05) is 6.07 Å². The molecule has 0 saturated carbocycles. The molecule has 2 rings (SSSR count). The molecule has 3 nitrogen and oxygen atoms in total. The van der Waals surface area contributed by atoms with Gasteiger partial charge in [-0.25, -0.2) is 9.97 Å². The maximum Gasteiger partial charge on any atom is 0.129 e. The van der Waals surface area contributed by atoms with E-state index in [1.165, 1.54) is 4.88 Å². The summed E-state index contributed by atoms with van der Waals surface area (Å²) in [6.07, 6.45) is 3.71. The quantitative estimate of drug-likeness (QED) is 0.883. The number of aromatic nitrogens is 2. The molecule has 2 aromatic heterocycles. The summed E-state index contributed by atoms with van der Waals surface area (Å²) in [7, 11) is 0. The highest BCUT2D eigenvalue weighted by Gasteiger charge is 2.10. The Morgan fingerprint density at radius 3 is 2.75 bits per heavy atom. The third-order valence-electron chi connectivity index (χ3n) is 2.37. The molecule has 0 aliphatic heterocycles. The zero-order valence-electron chi connectivity index (χ0n) is 9.69. The van der Waals surface area contributed by atoms with E-state index in [0.717, 1.165) is 16.4 Å². The van der Waals surface area contributed by atoms with Crippen LogP contribution in [-0.2, 0) is 0 Å². The van der Waals surface area contributed by atoms with Crippen LogP contribution in [0.3, 0.4) is 0 Å². The minimum Gasteiger partial charge on any atom is -0.361 e. The van der Waals surface area contributed by atoms with Crippen LogP contribution in [0.2, 0.25) is 0 Å². The molecule has 0 spiro atoms. The normalized spacial score (nSPS) is 12.4. The van der Waals surface area contributed by atoms with Gasteiger partial charge in [0, 0.05) is 17.3 Å². The van der Waals surface area contributed by atoms with E-state index in [0.29, 0.717) is 0 Å². The number of anilines is 1. The number of pyridine rings is 1. The topological polar surface area (TPSA) is 37.8 Å². The molecule has 0 amide bonds. The smallest absolute Gasteiger partial charge is 0.129 e. The Morgan fingerprint density at radius 1 is 1.31 bits per heavy atom. The van der Waals surface area contributed by atoms with Crippen LogP contribution < -0.4 is 5.32 Å². The van der Waals surface area contributed by atoms with Gasteiger partial charge >= 0.3 is 0 Å². The lowest BCUT2D eigenvalue weighted by atomic mass is 10.2. The van der Waals surface area contributed by atoms with E-state index < -0.39 is 0 Å². The third kappa shape index (κ3) is 2.39. The van der Waals surface area contributed by atoms with Gasteiger partial charge in [-0.3, -0.25) is 0 Å². The summed E-state index contributed by atoms with van der Waals surface area (Å²) in [5.74, 6) is 0.933. The minimum absolute atomic E-state index is 0.201. The molecule has 0 radical (unpaired) electrons. The number of aryl methyl sites for hydroxylation is 2. The first-order chi connectivity index (χ1) is 7.66. The van der Waals surface area contributed by atoms with Gasteiger partial charge in [0.15, 0.2) is 0 Å². The average molecular weight is 233 g/mol. The Labute approximate surface area is 99.6 Å². The molecule has 16 heavy (non-hydrogen) atoms. The van der Waals surface area contributed by atoms with Crippen LogP contribution in [0.1, 0.15) is 28.4 Å². The van der Waals surface area contributed by atoms with E-state index >= 15 is 0 Å². The molecule has 84 valence electrons. The molecule has 2 aromatic rings. The maximum atomic E-state index is 4.37. The van der Waals surface area contributed by atoms with Crippen LogP contribution in [0.5, 0.6) is 0 Å². The zero-order valence-corrected chi connectivity index (χ0v) is 10.5. The Bertz CT molecular complexity index is 479. The first-order valence-corrected chi connectivity index (χ1v) is 6.09. The summed E-state index contributed by atoms with van der Waals surface area (Å²) in [6, 6.07) is 4.20. The summed E-state index contributed by atoms with van der Waals surface area (Å²) in [4.78, 5) is 9.92. The lowest BCUT2D eigenvalue weighted by Gasteiger charge is -2.13. The van der Waals surface area contributed by atoms with Gasteiger partial charge in [0.1, 0.15) is 10.8 Å². The van der Waals surface area contributed by atoms with Gasteiger partial charge < -0.3 is 5.32 Å². The van der Waals surface area contributed by atoms with Crippen molar-refractivity contribution in [2.24, 2.45) is 0 Å². The minimum atomic E-state index is 0.201. The fraction of sp³-hybridized carbons (Fsp3) is 0.333. The molecule has 4 heteroatoms. The zero-order chi connectivity index (χ0) is 11.5. The third-order valence-corrected chi connectivity index (χ3v) is 3.47. The second kappa shape index (κ2) is 4.61. The Kier molecular flexibility index (Phi) is 3.19. The fourth-order valence-electron chi connectivity index (χ4n) is 1.48. The summed E-state index contributed by atoms with van der Waals surface area (Å²) in [5.41, 5.74) is 1.16. The fourth-order valence-corrected chi connectivity index (χ4v) is 2.25. The van der Waals surface area contributed by atoms with Crippen LogP contribution in [-0.4, -0.2) is 9.97 Å². The van der Waals surface area contributed by atoms with Gasteiger partial charge in [0.25, 0.3) is 0 Å². The highest BCUT2D eigenvalue weighted by atomic mass is 32.1. The molecular weight excluding hydrogens is 218 g/mol. The molecule has 0 fully saturated rings. The number of nitrogens with zero attached hydrogens (tertiary/aromatic N) is 2. The predicted octanol–water partition coefficient (Wildman–Crippen LogP) is 3.33. The lowest BCUT2D eigenvalue weighted by molar-refractivity contribution is 0.858. The van der Waals surface area contributed by atoms with Gasteiger partial charge in [-0.05, 0) is 32.4 Å². The predicted molar refractivity (Wildman–Crippen MR) is 67.9 cm³/mol. The molecule has 0 aliphatic carbocycles. The van der Waals surface area contributed by atoms with Crippen LogP contribution in [0.25, 0.3) is 0 Å². The van der Waals surface area contributed by atoms with Crippen molar-refractivity contribution in [2.75, 3.05) is 5.32 Å². The van der Waals surface area contributed by atoms with Crippen molar-refractivity contribution in [3.8, 4) is 0 Å². The molecule has 0 bridgehead atoms. The first-order valence-electron chi connectivity index (χ1n) is 5.27. The molecule has 0 saturated heterocycles. The molecular formula is C12H15N3S. The number of rotatable bonds is 3. The molecule has 0 aliphatic rings. The molecule has 1 atom stereocenters. The van der Waals surface area contributed by atoms with Crippen LogP contribution in [0, 0.1) is 13.8 Å². The molecule has 0 aromatic carbocycles. The highest BCUT2D eigenvalue weighted by molar-refractivity contribution is 7.11. The largest absolute Gasteiger partial charge is 0.361 e. The maximum absolute atomic E-state index is 4.37. The van der Waals surface area contributed by atoms with Gasteiger partial charge in [-0.15, -0.1) is 11.3 Å². The Balaban J connectivity index is 2.13. The van der Waals surface area contributed by atoms with E-state index in [2.05, 4.69) is 42.1 Å². The van der Waals surface area contributed by atoms with Crippen molar-refractivity contribution in [3.63, 3.8) is 0 Å². The molecule has 1 unspecified atom stereocenters. The summed E-state index contributed by atoms with van der Waals surface area (Å²) in [6.45, 7) is 6.22. The van der Waals surface area contributed by atoms with Crippen molar-refractivity contribution in [1.29, 1.82) is 0 Å². The second-order valence-corrected chi connectivity index (χ2v) is 5.11. The van der Waals surface area contributed by atoms with Crippen LogP contribution in [0.4, 0.5) is 5.82 Å². The standard InChI is InChI=1S/C12H15N3S/c1-8-5-4-6-13-11(8)15-10(3)12-14-7-9(2)16-12/h4-7,10H,1-3H3,(H,13,15). The van der Waals surface area contributed by atoms with Crippen molar-refractivity contribution < 1.29 is 0 Å². The molecule has 2 heterocycles. The van der Waals surface area contributed by atoms with Crippen molar-refractivity contribution in [3.05, 3.63) is 40.0 Å². The van der Waals surface area contributed by atoms with Crippen LogP contribution >= 0.6 is 11.3 Å². The van der Waals surface area contributed by atoms with E-state index in [-0.39, 0.29) is 6.04 Å². The number of hydrogen-bond acceptors (Lipinski definition) is 4. The van der Waals surface area contributed by atoms with E-state index in [4.69, 9.17) is 0 Å².